The lowest BCUT2D eigenvalue weighted by Gasteiger charge is -2.12. The van der Waals surface area contributed by atoms with Crippen molar-refractivity contribution in [3.63, 3.8) is 0 Å². The van der Waals surface area contributed by atoms with Crippen molar-refractivity contribution in [3.8, 4) is 5.75 Å². The van der Waals surface area contributed by atoms with Gasteiger partial charge in [-0.2, -0.15) is 0 Å². The molecular weight excluding hydrogens is 348 g/mol. The van der Waals surface area contributed by atoms with Crippen LogP contribution in [0.3, 0.4) is 0 Å². The molecule has 0 radical (unpaired) electrons. The monoisotopic (exact) mass is 380 g/mol. The molecular formula is C24H32N2O2. The van der Waals surface area contributed by atoms with E-state index in [4.69, 9.17) is 4.74 Å². The maximum atomic E-state index is 12.0. The second kappa shape index (κ2) is 10.9. The summed E-state index contributed by atoms with van der Waals surface area (Å²) in [7, 11) is 0. The minimum Gasteiger partial charge on any atom is -0.493 e. The average molecular weight is 381 g/mol. The quantitative estimate of drug-likeness (QED) is 0.407. The Morgan fingerprint density at radius 3 is 2.46 bits per heavy atom. The maximum absolute atomic E-state index is 12.0. The molecule has 0 saturated carbocycles. The highest BCUT2D eigenvalue weighted by Crippen LogP contribution is 2.30. The van der Waals surface area contributed by atoms with E-state index in [0.29, 0.717) is 13.2 Å². The molecule has 28 heavy (non-hydrogen) atoms. The number of unbranched alkanes of at least 4 members (excludes halogenated alkanes) is 7. The third kappa shape index (κ3) is 5.59. The largest absolute Gasteiger partial charge is 0.493 e. The molecule has 4 nitrogen and oxygen atoms in total. The van der Waals surface area contributed by atoms with Crippen molar-refractivity contribution in [2.45, 2.75) is 58.3 Å². The number of carbonyl (C=O) groups is 1. The molecule has 1 saturated heterocycles. The summed E-state index contributed by atoms with van der Waals surface area (Å²) < 4.78 is 6.14. The summed E-state index contributed by atoms with van der Waals surface area (Å²) in [6, 6.07) is 12.4. The van der Waals surface area contributed by atoms with E-state index in [9.17, 15) is 4.79 Å². The van der Waals surface area contributed by atoms with Gasteiger partial charge in [0.25, 0.3) is 5.91 Å². The standard InChI is InChI=1S/C24H32N2O2/c1-2-3-4-5-6-7-8-11-16-28-23-15-14-19-12-9-10-13-21(19)22(23)17-20-18-25-26-24(20)27/h9-10,12-15,17,25H,2-8,11,16,18H2,1H3,(H,26,27)/b20-17+. The van der Waals surface area contributed by atoms with Crippen LogP contribution in [0.4, 0.5) is 0 Å². The predicted molar refractivity (Wildman–Crippen MR) is 116 cm³/mol. The molecule has 0 unspecified atom stereocenters. The highest BCUT2D eigenvalue weighted by atomic mass is 16.5. The van der Waals surface area contributed by atoms with Gasteiger partial charge in [0, 0.05) is 17.7 Å². The topological polar surface area (TPSA) is 50.4 Å². The number of amides is 1. The highest BCUT2D eigenvalue weighted by molar-refractivity contribution is 6.03. The molecule has 2 N–H and O–H groups in total. The summed E-state index contributed by atoms with van der Waals surface area (Å²) in [4.78, 5) is 12.0. The summed E-state index contributed by atoms with van der Waals surface area (Å²) in [6.07, 6.45) is 12.2. The third-order valence-electron chi connectivity index (χ3n) is 5.28. The molecule has 2 aromatic carbocycles. The molecule has 3 rings (SSSR count). The Hall–Kier alpha value is -2.33. The van der Waals surface area contributed by atoms with Gasteiger partial charge in [-0.25, -0.2) is 5.43 Å². The van der Waals surface area contributed by atoms with Crippen molar-refractivity contribution in [3.05, 3.63) is 47.5 Å². The van der Waals surface area contributed by atoms with Crippen molar-refractivity contribution in [2.24, 2.45) is 0 Å². The molecule has 1 heterocycles. The highest BCUT2D eigenvalue weighted by Gasteiger charge is 2.17. The molecule has 2 aromatic rings. The van der Waals surface area contributed by atoms with Gasteiger partial charge in [-0.15, -0.1) is 0 Å². The first-order valence-electron chi connectivity index (χ1n) is 10.7. The van der Waals surface area contributed by atoms with Crippen LogP contribution >= 0.6 is 0 Å². The summed E-state index contributed by atoms with van der Waals surface area (Å²) in [6.45, 7) is 3.50. The van der Waals surface area contributed by atoms with Crippen LogP contribution < -0.4 is 15.6 Å². The zero-order valence-corrected chi connectivity index (χ0v) is 16.9. The Bertz CT molecular complexity index is 813. The second-order valence-corrected chi connectivity index (χ2v) is 7.50. The Morgan fingerprint density at radius 2 is 1.71 bits per heavy atom. The van der Waals surface area contributed by atoms with Crippen LogP contribution in [0.5, 0.6) is 5.75 Å². The molecule has 1 aliphatic heterocycles. The number of fused-ring (bicyclic) bond motifs is 1. The Morgan fingerprint density at radius 1 is 0.964 bits per heavy atom. The molecule has 1 fully saturated rings. The zero-order valence-electron chi connectivity index (χ0n) is 16.9. The summed E-state index contributed by atoms with van der Waals surface area (Å²) in [5.74, 6) is 0.788. The first-order valence-corrected chi connectivity index (χ1v) is 10.7. The van der Waals surface area contributed by atoms with Gasteiger partial charge in [0.2, 0.25) is 0 Å². The number of hydrogen-bond donors (Lipinski definition) is 2. The van der Waals surface area contributed by atoms with Crippen LogP contribution in [0, 0.1) is 0 Å². The Kier molecular flexibility index (Phi) is 7.92. The summed E-state index contributed by atoms with van der Waals surface area (Å²) in [5.41, 5.74) is 7.25. The number of benzene rings is 2. The van der Waals surface area contributed by atoms with Crippen LogP contribution in [0.25, 0.3) is 16.8 Å². The van der Waals surface area contributed by atoms with Crippen molar-refractivity contribution >= 4 is 22.8 Å². The van der Waals surface area contributed by atoms with Crippen LogP contribution in [-0.2, 0) is 4.79 Å². The molecule has 0 aromatic heterocycles. The lowest BCUT2D eigenvalue weighted by molar-refractivity contribution is -0.116. The first-order chi connectivity index (χ1) is 13.8. The number of rotatable bonds is 11. The molecule has 4 heteroatoms. The number of hydrogen-bond acceptors (Lipinski definition) is 3. The van der Waals surface area contributed by atoms with E-state index in [1.54, 1.807) is 0 Å². The van der Waals surface area contributed by atoms with Gasteiger partial charge >= 0.3 is 0 Å². The van der Waals surface area contributed by atoms with E-state index in [-0.39, 0.29) is 5.91 Å². The predicted octanol–water partition coefficient (Wildman–Crippen LogP) is 5.38. The average Bonchev–Trinajstić information content (AvgIpc) is 3.12. The van der Waals surface area contributed by atoms with Crippen molar-refractivity contribution in [1.29, 1.82) is 0 Å². The zero-order chi connectivity index (χ0) is 19.6. The number of nitrogens with one attached hydrogen (secondary N) is 2. The third-order valence-corrected chi connectivity index (χ3v) is 5.28. The van der Waals surface area contributed by atoms with E-state index in [2.05, 4.69) is 36.0 Å². The van der Waals surface area contributed by atoms with Gasteiger partial charge in [0.1, 0.15) is 5.75 Å². The molecule has 1 amide bonds. The van der Waals surface area contributed by atoms with Crippen LogP contribution in [-0.4, -0.2) is 19.1 Å². The maximum Gasteiger partial charge on any atom is 0.262 e. The number of ether oxygens (including phenoxy) is 1. The van der Waals surface area contributed by atoms with Gasteiger partial charge in [-0.3, -0.25) is 10.2 Å². The van der Waals surface area contributed by atoms with E-state index < -0.39 is 0 Å². The Balaban J connectivity index is 1.61. The van der Waals surface area contributed by atoms with Crippen LogP contribution in [0.2, 0.25) is 0 Å². The van der Waals surface area contributed by atoms with Gasteiger partial charge in [0.05, 0.1) is 6.61 Å². The van der Waals surface area contributed by atoms with Gasteiger partial charge in [-0.1, -0.05) is 82.2 Å². The SMILES string of the molecule is CCCCCCCCCCOc1ccc2ccccc2c1/C=C1\CNNC1=O. The fraction of sp³-hybridized carbons (Fsp3) is 0.458. The van der Waals surface area contributed by atoms with Gasteiger partial charge in [0.15, 0.2) is 0 Å². The van der Waals surface area contributed by atoms with E-state index in [1.165, 1.54) is 44.9 Å². The molecule has 0 aliphatic carbocycles. The minimum atomic E-state index is -0.0676. The van der Waals surface area contributed by atoms with Gasteiger partial charge in [-0.05, 0) is 29.3 Å². The summed E-state index contributed by atoms with van der Waals surface area (Å²) in [5, 5.41) is 2.27. The van der Waals surface area contributed by atoms with Crippen molar-refractivity contribution in [1.82, 2.24) is 10.9 Å². The van der Waals surface area contributed by atoms with Crippen LogP contribution in [0.1, 0.15) is 63.9 Å². The smallest absolute Gasteiger partial charge is 0.262 e. The Labute approximate surface area is 168 Å². The van der Waals surface area contributed by atoms with E-state index in [0.717, 1.165) is 34.1 Å². The lowest BCUT2D eigenvalue weighted by Crippen LogP contribution is -2.25. The van der Waals surface area contributed by atoms with Crippen molar-refractivity contribution < 1.29 is 9.53 Å². The number of carbonyl (C=O) groups excluding carboxylic acids is 1. The lowest BCUT2D eigenvalue weighted by atomic mass is 10.0. The normalized spacial score (nSPS) is 15.3. The van der Waals surface area contributed by atoms with Crippen molar-refractivity contribution in [2.75, 3.05) is 13.2 Å². The minimum absolute atomic E-state index is 0.0676. The molecule has 0 atom stereocenters. The van der Waals surface area contributed by atoms with Gasteiger partial charge < -0.3 is 4.74 Å². The first kappa shape index (κ1) is 20.4. The number of hydrazine groups is 1. The fourth-order valence-electron chi connectivity index (χ4n) is 3.64. The summed E-state index contributed by atoms with van der Waals surface area (Å²) >= 11 is 0. The molecule has 0 spiro atoms. The van der Waals surface area contributed by atoms with Crippen LogP contribution in [0.15, 0.2) is 42.0 Å². The molecule has 150 valence electrons. The molecule has 1 aliphatic rings. The fourth-order valence-corrected chi connectivity index (χ4v) is 3.64. The molecule has 0 bridgehead atoms. The second-order valence-electron chi connectivity index (χ2n) is 7.50. The van der Waals surface area contributed by atoms with E-state index in [1.807, 2.05) is 24.3 Å². The van der Waals surface area contributed by atoms with E-state index >= 15 is 0 Å².